The molecule has 1 aliphatic heterocycles. The van der Waals surface area contributed by atoms with Gasteiger partial charge in [0.25, 0.3) is 0 Å². The van der Waals surface area contributed by atoms with Crippen LogP contribution in [-0.4, -0.2) is 29.8 Å². The van der Waals surface area contributed by atoms with Crippen molar-refractivity contribution in [1.82, 2.24) is 10.2 Å². The van der Waals surface area contributed by atoms with Crippen molar-refractivity contribution < 1.29 is 14.0 Å². The fourth-order valence-electron chi connectivity index (χ4n) is 2.00. The molecule has 0 radical (unpaired) electrons. The highest BCUT2D eigenvalue weighted by atomic mass is 35.5. The minimum Gasteiger partial charge on any atom is -0.302 e. The van der Waals surface area contributed by atoms with Crippen LogP contribution in [0.2, 0.25) is 5.02 Å². The van der Waals surface area contributed by atoms with Gasteiger partial charge >= 0.3 is 0 Å². The number of carbonyl (C=O) groups is 2. The molecule has 1 atom stereocenters. The smallest absolute Gasteiger partial charge is 0.246 e. The van der Waals surface area contributed by atoms with E-state index >= 15 is 0 Å². The predicted octanol–water partition coefficient (Wildman–Crippen LogP) is 1.72. The maximum Gasteiger partial charge on any atom is 0.246 e. The maximum atomic E-state index is 12.9. The lowest BCUT2D eigenvalue weighted by molar-refractivity contribution is -0.148. The van der Waals surface area contributed by atoms with Crippen molar-refractivity contribution in [1.29, 1.82) is 0 Å². The Bertz CT molecular complexity index is 521. The first-order chi connectivity index (χ1) is 8.99. The Kier molecular flexibility index (Phi) is 4.17. The molecule has 0 spiro atoms. The van der Waals surface area contributed by atoms with Crippen LogP contribution in [0.5, 0.6) is 0 Å². The van der Waals surface area contributed by atoms with Crippen molar-refractivity contribution in [3.63, 3.8) is 0 Å². The zero-order valence-electron chi connectivity index (χ0n) is 10.5. The summed E-state index contributed by atoms with van der Waals surface area (Å²) in [6.07, 6.45) is 0.817. The summed E-state index contributed by atoms with van der Waals surface area (Å²) in [4.78, 5) is 24.3. The van der Waals surface area contributed by atoms with E-state index in [1.54, 1.807) is 6.07 Å². The van der Waals surface area contributed by atoms with Gasteiger partial charge < -0.3 is 5.32 Å². The zero-order chi connectivity index (χ0) is 14.0. The number of piperidine rings is 1. The molecule has 102 valence electrons. The Morgan fingerprint density at radius 2 is 2.21 bits per heavy atom. The van der Waals surface area contributed by atoms with Gasteiger partial charge in [-0.1, -0.05) is 17.7 Å². The number of amides is 2. The van der Waals surface area contributed by atoms with E-state index in [1.165, 1.54) is 19.2 Å². The van der Waals surface area contributed by atoms with Crippen molar-refractivity contribution in [2.75, 3.05) is 7.05 Å². The van der Waals surface area contributed by atoms with E-state index in [0.29, 0.717) is 24.4 Å². The predicted molar refractivity (Wildman–Crippen MR) is 69.0 cm³/mol. The van der Waals surface area contributed by atoms with E-state index < -0.39 is 11.9 Å². The molecule has 0 aromatic heterocycles. The first kappa shape index (κ1) is 14.0. The molecule has 1 fully saturated rings. The average Bonchev–Trinajstić information content (AvgIpc) is 2.37. The van der Waals surface area contributed by atoms with E-state index in [0.717, 1.165) is 10.5 Å². The number of hydrogen-bond acceptors (Lipinski definition) is 3. The van der Waals surface area contributed by atoms with Crippen LogP contribution in [0.4, 0.5) is 4.39 Å². The van der Waals surface area contributed by atoms with Crippen molar-refractivity contribution in [3.05, 3.63) is 34.6 Å². The van der Waals surface area contributed by atoms with Crippen molar-refractivity contribution in [2.24, 2.45) is 0 Å². The summed E-state index contributed by atoms with van der Waals surface area (Å²) in [7, 11) is 1.48. The number of likely N-dealkylation sites (tertiary alicyclic amines) is 1. The number of nitrogens with one attached hydrogen (secondary N) is 1. The molecule has 6 heteroatoms. The Balaban J connectivity index is 1.99. The topological polar surface area (TPSA) is 49.4 Å². The van der Waals surface area contributed by atoms with E-state index in [1.807, 2.05) is 0 Å². The van der Waals surface area contributed by atoms with E-state index in [2.05, 4.69) is 5.32 Å². The largest absolute Gasteiger partial charge is 0.302 e. The third-order valence-electron chi connectivity index (χ3n) is 3.20. The molecule has 1 aromatic rings. The molecule has 1 unspecified atom stereocenters. The average molecular weight is 285 g/mol. The van der Waals surface area contributed by atoms with Crippen molar-refractivity contribution >= 4 is 23.4 Å². The fourth-order valence-corrected chi connectivity index (χ4v) is 2.24. The first-order valence-corrected chi connectivity index (χ1v) is 6.34. The van der Waals surface area contributed by atoms with E-state index in [-0.39, 0.29) is 11.8 Å². The van der Waals surface area contributed by atoms with Gasteiger partial charge in [0.05, 0.1) is 6.04 Å². The molecule has 0 bridgehead atoms. The Hall–Kier alpha value is -1.46. The summed E-state index contributed by atoms with van der Waals surface area (Å²) < 4.78 is 12.9. The first-order valence-electron chi connectivity index (χ1n) is 5.96. The molecule has 1 aliphatic rings. The standard InChI is InChI=1S/C13H14ClFN2O2/c1-17-12(18)5-4-11(13(17)19)16-7-8-2-3-9(15)6-10(8)14/h2-3,6,11,16H,4-5,7H2,1H3. The van der Waals surface area contributed by atoms with Gasteiger partial charge in [0.15, 0.2) is 0 Å². The SMILES string of the molecule is CN1C(=O)CCC(NCc2ccc(F)cc2Cl)C1=O. The highest BCUT2D eigenvalue weighted by Gasteiger charge is 2.31. The van der Waals surface area contributed by atoms with Gasteiger partial charge in [-0.25, -0.2) is 4.39 Å². The Morgan fingerprint density at radius 3 is 2.89 bits per heavy atom. The van der Waals surface area contributed by atoms with Crippen LogP contribution in [0.25, 0.3) is 0 Å². The third kappa shape index (κ3) is 3.11. The van der Waals surface area contributed by atoms with Gasteiger partial charge in [-0.05, 0) is 24.1 Å². The number of imide groups is 1. The number of halogens is 2. The minimum absolute atomic E-state index is 0.164. The highest BCUT2D eigenvalue weighted by Crippen LogP contribution is 2.18. The van der Waals surface area contributed by atoms with Crippen molar-refractivity contribution in [3.8, 4) is 0 Å². The third-order valence-corrected chi connectivity index (χ3v) is 3.56. The summed E-state index contributed by atoms with van der Waals surface area (Å²) >= 11 is 5.91. The number of carbonyl (C=O) groups excluding carboxylic acids is 2. The van der Waals surface area contributed by atoms with Crippen molar-refractivity contribution in [2.45, 2.75) is 25.4 Å². The molecular weight excluding hydrogens is 271 g/mol. The van der Waals surface area contributed by atoms with Gasteiger partial charge in [-0.15, -0.1) is 0 Å². The maximum absolute atomic E-state index is 12.9. The van der Waals surface area contributed by atoms with Crippen LogP contribution in [0.1, 0.15) is 18.4 Å². The molecule has 4 nitrogen and oxygen atoms in total. The molecular formula is C13H14ClFN2O2. The summed E-state index contributed by atoms with van der Waals surface area (Å²) in [5, 5.41) is 3.37. The fraction of sp³-hybridized carbons (Fsp3) is 0.385. The monoisotopic (exact) mass is 284 g/mol. The van der Waals surface area contributed by atoms with Crippen LogP contribution >= 0.6 is 11.6 Å². The van der Waals surface area contributed by atoms with Gasteiger partial charge in [0.2, 0.25) is 11.8 Å². The normalized spacial score (nSPS) is 19.9. The molecule has 1 aromatic carbocycles. The molecule has 2 rings (SSSR count). The summed E-state index contributed by atoms with van der Waals surface area (Å²) in [6.45, 7) is 0.359. The van der Waals surface area contributed by atoms with Crippen LogP contribution < -0.4 is 5.32 Å². The number of likely N-dealkylation sites (N-methyl/N-ethyl adjacent to an activating group) is 1. The van der Waals surface area contributed by atoms with Crippen LogP contribution in [0.3, 0.4) is 0 Å². The van der Waals surface area contributed by atoms with Gasteiger partial charge in [-0.2, -0.15) is 0 Å². The van der Waals surface area contributed by atoms with E-state index in [9.17, 15) is 14.0 Å². The van der Waals surface area contributed by atoms with Crippen LogP contribution in [-0.2, 0) is 16.1 Å². The van der Waals surface area contributed by atoms with Crippen LogP contribution in [0, 0.1) is 5.82 Å². The molecule has 2 amide bonds. The lowest BCUT2D eigenvalue weighted by Gasteiger charge is -2.28. The summed E-state index contributed by atoms with van der Waals surface area (Å²) in [5.74, 6) is -0.801. The zero-order valence-corrected chi connectivity index (χ0v) is 11.2. The molecule has 0 saturated carbocycles. The molecule has 1 saturated heterocycles. The number of hydrogen-bond donors (Lipinski definition) is 1. The van der Waals surface area contributed by atoms with Gasteiger partial charge in [0.1, 0.15) is 5.82 Å². The van der Waals surface area contributed by atoms with E-state index in [4.69, 9.17) is 11.6 Å². The second-order valence-corrected chi connectivity index (χ2v) is 4.91. The minimum atomic E-state index is -0.399. The molecule has 1 heterocycles. The molecule has 1 N–H and O–H groups in total. The molecule has 0 aliphatic carbocycles. The number of rotatable bonds is 3. The summed E-state index contributed by atoms with van der Waals surface area (Å²) in [6, 6.07) is 3.73. The quantitative estimate of drug-likeness (QED) is 0.860. The van der Waals surface area contributed by atoms with Gasteiger partial charge in [-0.3, -0.25) is 14.5 Å². The summed E-state index contributed by atoms with van der Waals surface area (Å²) in [5.41, 5.74) is 0.718. The molecule has 19 heavy (non-hydrogen) atoms. The number of benzene rings is 1. The van der Waals surface area contributed by atoms with Gasteiger partial charge in [0, 0.05) is 25.0 Å². The Labute approximate surface area is 115 Å². The second-order valence-electron chi connectivity index (χ2n) is 4.50. The number of nitrogens with zero attached hydrogens (tertiary/aromatic N) is 1. The second kappa shape index (κ2) is 5.67. The Morgan fingerprint density at radius 1 is 1.47 bits per heavy atom. The highest BCUT2D eigenvalue weighted by molar-refractivity contribution is 6.31. The van der Waals surface area contributed by atoms with Crippen LogP contribution in [0.15, 0.2) is 18.2 Å². The lowest BCUT2D eigenvalue weighted by Crippen LogP contribution is -2.51. The lowest BCUT2D eigenvalue weighted by atomic mass is 10.0.